The van der Waals surface area contributed by atoms with Crippen LogP contribution in [0.15, 0.2) is 60.7 Å². The van der Waals surface area contributed by atoms with Crippen LogP contribution in [-0.4, -0.2) is 38.8 Å². The second-order valence-electron chi connectivity index (χ2n) is 9.90. The number of carbonyl (C=O) groups is 1. The lowest BCUT2D eigenvalue weighted by molar-refractivity contribution is -0.127. The predicted octanol–water partition coefficient (Wildman–Crippen LogP) is 3.96. The molecule has 1 saturated carbocycles. The molecule has 0 aromatic heterocycles. The lowest BCUT2D eigenvalue weighted by atomic mass is 9.83. The van der Waals surface area contributed by atoms with Crippen molar-refractivity contribution in [3.05, 3.63) is 60.7 Å². The number of rotatable bonds is 5. The fourth-order valence-corrected chi connectivity index (χ4v) is 10.4. The summed E-state index contributed by atoms with van der Waals surface area (Å²) in [5.74, 6) is 0.278. The van der Waals surface area contributed by atoms with Gasteiger partial charge in [-0.25, -0.2) is 0 Å². The standard InChI is InChI=1S/C25H33NO2Si/c1-24(2,3)29(20-12-7-5-8-13-20,21-14-9-6-10-15-21)28-19-25-17-11-16-22(25)26(4)23(27)18-25/h5-10,12-15,22H,11,16-19H2,1-4H3. The Morgan fingerprint density at radius 1 is 1.03 bits per heavy atom. The molecule has 0 N–H and O–H groups in total. The first-order chi connectivity index (χ1) is 13.8. The summed E-state index contributed by atoms with van der Waals surface area (Å²) in [5, 5.41) is 2.58. The molecule has 29 heavy (non-hydrogen) atoms. The van der Waals surface area contributed by atoms with Gasteiger partial charge in [0.2, 0.25) is 5.91 Å². The van der Waals surface area contributed by atoms with Crippen LogP contribution in [-0.2, 0) is 9.22 Å². The van der Waals surface area contributed by atoms with Gasteiger partial charge in [0.05, 0.1) is 0 Å². The SMILES string of the molecule is CN1C(=O)CC2(CO[Si](c3ccccc3)(c3ccccc3)C(C)(C)C)CCCC12. The molecule has 3 nitrogen and oxygen atoms in total. The summed E-state index contributed by atoms with van der Waals surface area (Å²) < 4.78 is 7.21. The second kappa shape index (κ2) is 7.40. The third-order valence-electron chi connectivity index (χ3n) is 7.22. The number of likely N-dealkylation sites (tertiary alicyclic amines) is 1. The van der Waals surface area contributed by atoms with Gasteiger partial charge in [0.1, 0.15) is 0 Å². The largest absolute Gasteiger partial charge is 0.407 e. The molecular formula is C25H33NO2Si. The average molecular weight is 408 g/mol. The van der Waals surface area contributed by atoms with Gasteiger partial charge in [-0.2, -0.15) is 0 Å². The van der Waals surface area contributed by atoms with Crippen LogP contribution in [0.3, 0.4) is 0 Å². The Hall–Kier alpha value is -1.91. The molecule has 0 spiro atoms. The second-order valence-corrected chi connectivity index (χ2v) is 14.2. The first-order valence-corrected chi connectivity index (χ1v) is 12.7. The van der Waals surface area contributed by atoms with Crippen LogP contribution in [0.5, 0.6) is 0 Å². The Kier molecular flexibility index (Phi) is 5.20. The maximum absolute atomic E-state index is 12.5. The molecule has 154 valence electrons. The molecular weight excluding hydrogens is 374 g/mol. The molecule has 1 aliphatic heterocycles. The molecule has 2 fully saturated rings. The zero-order valence-corrected chi connectivity index (χ0v) is 19.2. The summed E-state index contributed by atoms with van der Waals surface area (Å²) in [5.41, 5.74) is -0.0289. The lowest BCUT2D eigenvalue weighted by Crippen LogP contribution is -2.67. The van der Waals surface area contributed by atoms with Gasteiger partial charge in [-0.15, -0.1) is 0 Å². The molecule has 1 amide bonds. The van der Waals surface area contributed by atoms with Crippen molar-refractivity contribution in [1.29, 1.82) is 0 Å². The minimum Gasteiger partial charge on any atom is -0.407 e. The zero-order chi connectivity index (χ0) is 20.7. The van der Waals surface area contributed by atoms with Crippen molar-refractivity contribution in [3.8, 4) is 0 Å². The van der Waals surface area contributed by atoms with Crippen molar-refractivity contribution in [2.24, 2.45) is 5.41 Å². The van der Waals surface area contributed by atoms with Gasteiger partial charge in [0.15, 0.2) is 0 Å². The summed E-state index contributed by atoms with van der Waals surface area (Å²) >= 11 is 0. The van der Waals surface area contributed by atoms with Gasteiger partial charge in [-0.1, -0.05) is 87.9 Å². The highest BCUT2D eigenvalue weighted by atomic mass is 28.4. The van der Waals surface area contributed by atoms with Crippen molar-refractivity contribution in [1.82, 2.24) is 4.90 Å². The van der Waals surface area contributed by atoms with E-state index in [0.29, 0.717) is 19.1 Å². The molecule has 2 atom stereocenters. The van der Waals surface area contributed by atoms with Crippen LogP contribution in [0.2, 0.25) is 5.04 Å². The van der Waals surface area contributed by atoms with Crippen LogP contribution < -0.4 is 10.4 Å². The minimum absolute atomic E-state index is 0.0289. The van der Waals surface area contributed by atoms with Crippen molar-refractivity contribution in [3.63, 3.8) is 0 Å². The molecule has 0 bridgehead atoms. The van der Waals surface area contributed by atoms with E-state index in [1.165, 1.54) is 16.8 Å². The number of hydrogen-bond acceptors (Lipinski definition) is 2. The number of nitrogens with zero attached hydrogens (tertiary/aromatic N) is 1. The summed E-state index contributed by atoms with van der Waals surface area (Å²) in [4.78, 5) is 14.5. The van der Waals surface area contributed by atoms with Crippen molar-refractivity contribution in [2.75, 3.05) is 13.7 Å². The highest BCUT2D eigenvalue weighted by molar-refractivity contribution is 6.99. The van der Waals surface area contributed by atoms with Crippen LogP contribution in [0.1, 0.15) is 46.5 Å². The van der Waals surface area contributed by atoms with E-state index in [0.717, 1.165) is 12.8 Å². The maximum atomic E-state index is 12.5. The summed E-state index contributed by atoms with van der Waals surface area (Å²) in [6.07, 6.45) is 4.01. The van der Waals surface area contributed by atoms with E-state index in [-0.39, 0.29) is 16.4 Å². The molecule has 2 unspecified atom stereocenters. The van der Waals surface area contributed by atoms with E-state index < -0.39 is 8.32 Å². The van der Waals surface area contributed by atoms with Crippen LogP contribution >= 0.6 is 0 Å². The first kappa shape index (κ1) is 20.4. The van der Waals surface area contributed by atoms with E-state index in [9.17, 15) is 4.79 Å². The van der Waals surface area contributed by atoms with Crippen molar-refractivity contribution < 1.29 is 9.22 Å². The van der Waals surface area contributed by atoms with E-state index in [2.05, 4.69) is 81.4 Å². The molecule has 2 aliphatic rings. The Bertz CT molecular complexity index is 822. The molecule has 2 aromatic rings. The molecule has 1 heterocycles. The minimum atomic E-state index is -2.56. The smallest absolute Gasteiger partial charge is 0.261 e. The Morgan fingerprint density at radius 2 is 1.59 bits per heavy atom. The number of hydrogen-bond donors (Lipinski definition) is 0. The van der Waals surface area contributed by atoms with E-state index >= 15 is 0 Å². The van der Waals surface area contributed by atoms with Crippen LogP contribution in [0.4, 0.5) is 0 Å². The predicted molar refractivity (Wildman–Crippen MR) is 121 cm³/mol. The Balaban J connectivity index is 1.79. The number of fused-ring (bicyclic) bond motifs is 1. The average Bonchev–Trinajstić information content (AvgIpc) is 3.21. The number of amides is 1. The molecule has 1 aliphatic carbocycles. The highest BCUT2D eigenvalue weighted by Crippen LogP contribution is 2.50. The quantitative estimate of drug-likeness (QED) is 0.702. The Labute approximate surface area is 176 Å². The van der Waals surface area contributed by atoms with Crippen LogP contribution in [0.25, 0.3) is 0 Å². The van der Waals surface area contributed by atoms with Gasteiger partial charge in [-0.3, -0.25) is 4.79 Å². The topological polar surface area (TPSA) is 29.5 Å². The van der Waals surface area contributed by atoms with Gasteiger partial charge in [0.25, 0.3) is 8.32 Å². The Morgan fingerprint density at radius 3 is 2.10 bits per heavy atom. The molecule has 4 rings (SSSR count). The zero-order valence-electron chi connectivity index (χ0n) is 18.2. The summed E-state index contributed by atoms with van der Waals surface area (Å²) in [7, 11) is -0.581. The molecule has 1 saturated heterocycles. The van der Waals surface area contributed by atoms with E-state index in [4.69, 9.17) is 4.43 Å². The highest BCUT2D eigenvalue weighted by Gasteiger charge is 2.56. The molecule has 4 heteroatoms. The first-order valence-electron chi connectivity index (χ1n) is 10.8. The van der Waals surface area contributed by atoms with Gasteiger partial charge in [-0.05, 0) is 28.3 Å². The molecule has 2 aromatic carbocycles. The third-order valence-corrected chi connectivity index (χ3v) is 12.2. The van der Waals surface area contributed by atoms with Gasteiger partial charge < -0.3 is 9.33 Å². The van der Waals surface area contributed by atoms with E-state index in [1.807, 2.05) is 11.9 Å². The summed E-state index contributed by atoms with van der Waals surface area (Å²) in [6.45, 7) is 7.61. The summed E-state index contributed by atoms with van der Waals surface area (Å²) in [6, 6.07) is 21.9. The fourth-order valence-electron chi connectivity index (χ4n) is 5.76. The van der Waals surface area contributed by atoms with E-state index in [1.54, 1.807) is 0 Å². The van der Waals surface area contributed by atoms with Crippen molar-refractivity contribution >= 4 is 24.6 Å². The fraction of sp³-hybridized carbons (Fsp3) is 0.480. The van der Waals surface area contributed by atoms with Gasteiger partial charge >= 0.3 is 0 Å². The number of carbonyl (C=O) groups excluding carboxylic acids is 1. The monoisotopic (exact) mass is 407 g/mol. The lowest BCUT2D eigenvalue weighted by Gasteiger charge is -2.45. The number of benzene rings is 2. The normalized spacial score (nSPS) is 24.8. The third kappa shape index (κ3) is 3.26. The molecule has 0 radical (unpaired) electrons. The maximum Gasteiger partial charge on any atom is 0.261 e. The van der Waals surface area contributed by atoms with Crippen molar-refractivity contribution in [2.45, 2.75) is 57.5 Å². The van der Waals surface area contributed by atoms with Crippen LogP contribution in [0, 0.1) is 5.41 Å². The van der Waals surface area contributed by atoms with Gasteiger partial charge in [0, 0.05) is 31.5 Å².